The van der Waals surface area contributed by atoms with E-state index in [-0.39, 0.29) is 17.7 Å². The third-order valence-electron chi connectivity index (χ3n) is 2.93. The lowest BCUT2D eigenvalue weighted by Gasteiger charge is -2.22. The second kappa shape index (κ2) is 6.54. The number of alkyl halides is 2. The molecule has 0 heterocycles. The van der Waals surface area contributed by atoms with Crippen LogP contribution in [0.2, 0.25) is 0 Å². The lowest BCUT2D eigenvalue weighted by atomic mass is 9.94. The topological polar surface area (TPSA) is 55.8 Å². The second-order valence-electron chi connectivity index (χ2n) is 4.68. The van der Waals surface area contributed by atoms with E-state index in [9.17, 15) is 13.6 Å². The van der Waals surface area contributed by atoms with Gasteiger partial charge < -0.3 is 14.6 Å². The van der Waals surface area contributed by atoms with Crippen molar-refractivity contribution >= 4 is 5.97 Å². The van der Waals surface area contributed by atoms with Crippen molar-refractivity contribution in [3.8, 4) is 11.5 Å². The van der Waals surface area contributed by atoms with Crippen LogP contribution in [0.15, 0.2) is 18.2 Å². The largest absolute Gasteiger partial charge is 0.497 e. The molecule has 0 aliphatic carbocycles. The van der Waals surface area contributed by atoms with Gasteiger partial charge in [-0.15, -0.1) is 0 Å². The van der Waals surface area contributed by atoms with E-state index in [2.05, 4.69) is 0 Å². The number of ether oxygens (including phenoxy) is 2. The molecular weight excluding hydrogens is 270 g/mol. The number of methoxy groups -OCH3 is 2. The van der Waals surface area contributed by atoms with Gasteiger partial charge in [-0.3, -0.25) is 4.79 Å². The molecule has 1 unspecified atom stereocenters. The van der Waals surface area contributed by atoms with Crippen molar-refractivity contribution in [1.29, 1.82) is 0 Å². The van der Waals surface area contributed by atoms with Gasteiger partial charge in [0.1, 0.15) is 11.5 Å². The highest BCUT2D eigenvalue weighted by molar-refractivity contribution is 5.66. The molecule has 0 aliphatic heterocycles. The predicted octanol–water partition coefficient (Wildman–Crippen LogP) is 3.30. The lowest BCUT2D eigenvalue weighted by molar-refractivity contribution is -0.138. The van der Waals surface area contributed by atoms with Crippen molar-refractivity contribution in [3.63, 3.8) is 0 Å². The first-order valence-electron chi connectivity index (χ1n) is 6.12. The van der Waals surface area contributed by atoms with E-state index in [0.29, 0.717) is 5.75 Å². The van der Waals surface area contributed by atoms with Crippen molar-refractivity contribution in [2.45, 2.75) is 25.7 Å². The number of carbonyl (C=O) groups is 1. The quantitative estimate of drug-likeness (QED) is 0.836. The normalized spacial score (nSPS) is 12.8. The summed E-state index contributed by atoms with van der Waals surface area (Å²) in [5.41, 5.74) is -0.266. The van der Waals surface area contributed by atoms with Crippen LogP contribution in [0.5, 0.6) is 11.5 Å². The van der Waals surface area contributed by atoms with Crippen molar-refractivity contribution < 1.29 is 28.2 Å². The fourth-order valence-electron chi connectivity index (χ4n) is 2.02. The molecule has 1 rings (SSSR count). The minimum atomic E-state index is -3.16. The molecular formula is C14H18F2O4. The number of carboxylic acids is 1. The summed E-state index contributed by atoms with van der Waals surface area (Å²) in [6, 6.07) is 4.05. The van der Waals surface area contributed by atoms with Crippen LogP contribution in [-0.2, 0) is 10.7 Å². The first kappa shape index (κ1) is 16.2. The van der Waals surface area contributed by atoms with Gasteiger partial charge in [0.15, 0.2) is 0 Å². The van der Waals surface area contributed by atoms with E-state index >= 15 is 0 Å². The van der Waals surface area contributed by atoms with Crippen LogP contribution in [0.3, 0.4) is 0 Å². The highest BCUT2D eigenvalue weighted by Crippen LogP contribution is 2.41. The predicted molar refractivity (Wildman–Crippen MR) is 69.5 cm³/mol. The Morgan fingerprint density at radius 2 is 2.00 bits per heavy atom. The Balaban J connectivity index is 2.99. The average molecular weight is 288 g/mol. The number of benzene rings is 1. The third kappa shape index (κ3) is 4.08. The Bertz CT molecular complexity index is 474. The Morgan fingerprint density at radius 3 is 2.50 bits per heavy atom. The zero-order valence-electron chi connectivity index (χ0n) is 11.7. The molecule has 4 nitrogen and oxygen atoms in total. The van der Waals surface area contributed by atoms with Crippen LogP contribution in [0.4, 0.5) is 8.78 Å². The number of hydrogen-bond acceptors (Lipinski definition) is 3. The maximum Gasteiger partial charge on any atom is 0.303 e. The number of halogens is 2. The maximum atomic E-state index is 14.2. The molecule has 0 amide bonds. The van der Waals surface area contributed by atoms with Gasteiger partial charge in [0, 0.05) is 18.9 Å². The summed E-state index contributed by atoms with van der Waals surface area (Å²) in [6.07, 6.45) is -0.851. The number of aliphatic carboxylic acids is 1. The van der Waals surface area contributed by atoms with E-state index in [1.54, 1.807) is 0 Å². The molecule has 0 spiro atoms. The molecule has 112 valence electrons. The van der Waals surface area contributed by atoms with Gasteiger partial charge in [-0.25, -0.2) is 8.78 Å². The minimum absolute atomic E-state index is 0.0249. The summed E-state index contributed by atoms with van der Waals surface area (Å²) < 4.78 is 38.4. The zero-order chi connectivity index (χ0) is 15.3. The molecule has 1 N–H and O–H groups in total. The Kier molecular flexibility index (Phi) is 5.30. The molecule has 0 bridgehead atoms. The first-order valence-corrected chi connectivity index (χ1v) is 6.12. The molecule has 20 heavy (non-hydrogen) atoms. The average Bonchev–Trinajstić information content (AvgIpc) is 2.36. The summed E-state index contributed by atoms with van der Waals surface area (Å²) in [5, 5.41) is 8.63. The van der Waals surface area contributed by atoms with Crippen LogP contribution >= 0.6 is 0 Å². The molecule has 0 fully saturated rings. The lowest BCUT2D eigenvalue weighted by Crippen LogP contribution is -2.20. The van der Waals surface area contributed by atoms with Crippen LogP contribution < -0.4 is 9.47 Å². The zero-order valence-corrected chi connectivity index (χ0v) is 11.7. The maximum absolute atomic E-state index is 14.2. The molecule has 6 heteroatoms. The van der Waals surface area contributed by atoms with Crippen LogP contribution in [0, 0.1) is 5.92 Å². The van der Waals surface area contributed by atoms with Crippen molar-refractivity contribution in [1.82, 2.24) is 0 Å². The van der Waals surface area contributed by atoms with Gasteiger partial charge >= 0.3 is 5.97 Å². The second-order valence-corrected chi connectivity index (χ2v) is 4.68. The van der Waals surface area contributed by atoms with Crippen LogP contribution in [0.1, 0.15) is 25.3 Å². The molecule has 1 atom stereocenters. The molecule has 0 saturated heterocycles. The first-order chi connectivity index (χ1) is 9.30. The molecule has 1 aromatic carbocycles. The van der Waals surface area contributed by atoms with Gasteiger partial charge in [0.05, 0.1) is 19.8 Å². The molecule has 0 aromatic heterocycles. The highest BCUT2D eigenvalue weighted by Gasteiger charge is 2.36. The van der Waals surface area contributed by atoms with E-state index in [1.807, 2.05) is 0 Å². The Labute approximate surface area is 116 Å². The number of hydrogen-bond donors (Lipinski definition) is 1. The Morgan fingerprint density at radius 1 is 1.35 bits per heavy atom. The minimum Gasteiger partial charge on any atom is -0.497 e. The summed E-state index contributed by atoms with van der Waals surface area (Å²) in [6.45, 7) is 1.48. The fraction of sp³-hybridized carbons (Fsp3) is 0.500. The summed E-state index contributed by atoms with van der Waals surface area (Å²) >= 11 is 0. The molecule has 0 saturated carbocycles. The van der Waals surface area contributed by atoms with Gasteiger partial charge in [-0.05, 0) is 18.1 Å². The number of carboxylic acid groups (broad SMARTS) is 1. The monoisotopic (exact) mass is 288 g/mol. The molecule has 0 aliphatic rings. The SMILES string of the molecule is COc1ccc(C(F)(F)CC(C)CC(=O)O)c(OC)c1. The van der Waals surface area contributed by atoms with Crippen molar-refractivity contribution in [2.24, 2.45) is 5.92 Å². The summed E-state index contributed by atoms with van der Waals surface area (Å²) in [7, 11) is 2.73. The van der Waals surface area contributed by atoms with Gasteiger partial charge in [-0.2, -0.15) is 0 Å². The van der Waals surface area contributed by atoms with Crippen LogP contribution in [0.25, 0.3) is 0 Å². The standard InChI is InChI=1S/C14H18F2O4/c1-9(6-13(17)18)8-14(15,16)11-5-4-10(19-2)7-12(11)20-3/h4-5,7,9H,6,8H2,1-3H3,(H,17,18). The molecule has 0 radical (unpaired) electrons. The highest BCUT2D eigenvalue weighted by atomic mass is 19.3. The van der Waals surface area contributed by atoms with E-state index < -0.39 is 24.2 Å². The van der Waals surface area contributed by atoms with Gasteiger partial charge in [0.2, 0.25) is 0 Å². The van der Waals surface area contributed by atoms with E-state index in [1.165, 1.54) is 39.3 Å². The van der Waals surface area contributed by atoms with Gasteiger partial charge in [-0.1, -0.05) is 6.92 Å². The van der Waals surface area contributed by atoms with E-state index in [4.69, 9.17) is 14.6 Å². The fourth-order valence-corrected chi connectivity index (χ4v) is 2.02. The van der Waals surface area contributed by atoms with E-state index in [0.717, 1.165) is 0 Å². The smallest absolute Gasteiger partial charge is 0.303 e. The van der Waals surface area contributed by atoms with Crippen molar-refractivity contribution in [3.05, 3.63) is 23.8 Å². The van der Waals surface area contributed by atoms with Crippen molar-refractivity contribution in [2.75, 3.05) is 14.2 Å². The summed E-state index contributed by atoms with van der Waals surface area (Å²) in [5.74, 6) is -4.45. The number of rotatable bonds is 7. The Hall–Kier alpha value is -1.85. The van der Waals surface area contributed by atoms with Gasteiger partial charge in [0.25, 0.3) is 5.92 Å². The van der Waals surface area contributed by atoms with Crippen LogP contribution in [-0.4, -0.2) is 25.3 Å². The third-order valence-corrected chi connectivity index (χ3v) is 2.93. The molecule has 1 aromatic rings. The summed E-state index contributed by atoms with van der Waals surface area (Å²) in [4.78, 5) is 10.6.